The number of anilines is 1. The normalized spacial score (nSPS) is 14.4. The molecule has 0 saturated heterocycles. The van der Waals surface area contributed by atoms with Crippen LogP contribution in [0.4, 0.5) is 5.69 Å². The van der Waals surface area contributed by atoms with Crippen LogP contribution in [0.1, 0.15) is 59.5 Å². The van der Waals surface area contributed by atoms with Crippen LogP contribution in [0.25, 0.3) is 0 Å². The van der Waals surface area contributed by atoms with E-state index in [-0.39, 0.29) is 11.7 Å². The summed E-state index contributed by atoms with van der Waals surface area (Å²) in [6.07, 6.45) is 5.36. The second-order valence-corrected chi connectivity index (χ2v) is 5.52. The van der Waals surface area contributed by atoms with Crippen molar-refractivity contribution in [2.24, 2.45) is 0 Å². The number of hydrogen-bond acceptors (Lipinski definition) is 3. The van der Waals surface area contributed by atoms with E-state index in [1.165, 1.54) is 6.42 Å². The first-order chi connectivity index (χ1) is 10.7. The molecule has 0 atom stereocenters. The zero-order chi connectivity index (χ0) is 15.5. The standard InChI is InChI=1S/C17H19N3O2/c1-2-16(21)13-8-3-4-9-14(13)19-17(22)15-10-11-18-20(15)12-6-5-7-12/h3-4,8-12H,2,5-7H2,1H3,(H,19,22). The summed E-state index contributed by atoms with van der Waals surface area (Å²) in [5.74, 6) is -0.204. The van der Waals surface area contributed by atoms with Gasteiger partial charge in [0.15, 0.2) is 5.78 Å². The molecule has 1 fully saturated rings. The van der Waals surface area contributed by atoms with E-state index in [1.807, 2.05) is 13.0 Å². The van der Waals surface area contributed by atoms with Gasteiger partial charge in [0.1, 0.15) is 5.69 Å². The number of rotatable bonds is 5. The van der Waals surface area contributed by atoms with Gasteiger partial charge < -0.3 is 5.32 Å². The molecule has 1 aromatic carbocycles. The largest absolute Gasteiger partial charge is 0.320 e. The molecule has 114 valence electrons. The number of benzene rings is 1. The highest BCUT2D eigenvalue weighted by Crippen LogP contribution is 2.32. The molecule has 1 heterocycles. The Balaban J connectivity index is 1.83. The van der Waals surface area contributed by atoms with Gasteiger partial charge in [-0.05, 0) is 37.5 Å². The molecule has 0 spiro atoms. The summed E-state index contributed by atoms with van der Waals surface area (Å²) in [6, 6.07) is 9.15. The molecular weight excluding hydrogens is 278 g/mol. The lowest BCUT2D eigenvalue weighted by atomic mass is 9.93. The second kappa shape index (κ2) is 6.13. The van der Waals surface area contributed by atoms with Crippen LogP contribution < -0.4 is 5.32 Å². The number of para-hydroxylation sites is 1. The highest BCUT2D eigenvalue weighted by Gasteiger charge is 2.25. The average Bonchev–Trinajstić information content (AvgIpc) is 2.94. The summed E-state index contributed by atoms with van der Waals surface area (Å²) in [6.45, 7) is 1.81. The lowest BCUT2D eigenvalue weighted by Gasteiger charge is -2.27. The van der Waals surface area contributed by atoms with Crippen molar-refractivity contribution in [2.45, 2.75) is 38.6 Å². The molecule has 0 bridgehead atoms. The van der Waals surface area contributed by atoms with E-state index in [0.29, 0.717) is 29.4 Å². The fraction of sp³-hybridized carbons (Fsp3) is 0.353. The number of carbonyl (C=O) groups is 2. The van der Waals surface area contributed by atoms with Crippen molar-refractivity contribution in [1.29, 1.82) is 0 Å². The number of carbonyl (C=O) groups excluding carboxylic acids is 2. The third-order valence-electron chi connectivity index (χ3n) is 4.12. The molecule has 1 aliphatic carbocycles. The van der Waals surface area contributed by atoms with E-state index in [2.05, 4.69) is 10.4 Å². The van der Waals surface area contributed by atoms with Gasteiger partial charge in [-0.3, -0.25) is 14.3 Å². The zero-order valence-corrected chi connectivity index (χ0v) is 12.6. The first kappa shape index (κ1) is 14.5. The van der Waals surface area contributed by atoms with Crippen LogP contribution in [0.2, 0.25) is 0 Å². The summed E-state index contributed by atoms with van der Waals surface area (Å²) >= 11 is 0. The van der Waals surface area contributed by atoms with Gasteiger partial charge in [-0.1, -0.05) is 19.1 Å². The molecule has 1 amide bonds. The van der Waals surface area contributed by atoms with Gasteiger partial charge in [0.2, 0.25) is 0 Å². The number of amides is 1. The summed E-state index contributed by atoms with van der Waals surface area (Å²) in [5.41, 5.74) is 1.65. The lowest BCUT2D eigenvalue weighted by Crippen LogP contribution is -2.25. The predicted molar refractivity (Wildman–Crippen MR) is 84.1 cm³/mol. The van der Waals surface area contributed by atoms with Crippen molar-refractivity contribution in [2.75, 3.05) is 5.32 Å². The van der Waals surface area contributed by atoms with Gasteiger partial charge >= 0.3 is 0 Å². The minimum atomic E-state index is -0.222. The number of hydrogen-bond donors (Lipinski definition) is 1. The van der Waals surface area contributed by atoms with E-state index in [1.54, 1.807) is 35.1 Å². The molecule has 2 aromatic rings. The van der Waals surface area contributed by atoms with Crippen molar-refractivity contribution in [3.05, 3.63) is 47.8 Å². The van der Waals surface area contributed by atoms with Crippen molar-refractivity contribution >= 4 is 17.4 Å². The van der Waals surface area contributed by atoms with Crippen LogP contribution in [0.15, 0.2) is 36.5 Å². The predicted octanol–water partition coefficient (Wildman–Crippen LogP) is 3.45. The van der Waals surface area contributed by atoms with Crippen molar-refractivity contribution < 1.29 is 9.59 Å². The summed E-state index contributed by atoms with van der Waals surface area (Å²) in [7, 11) is 0. The number of ketones is 1. The van der Waals surface area contributed by atoms with Gasteiger partial charge in [-0.25, -0.2) is 0 Å². The Bertz CT molecular complexity index is 701. The van der Waals surface area contributed by atoms with Crippen molar-refractivity contribution in [1.82, 2.24) is 9.78 Å². The maximum atomic E-state index is 12.5. The van der Waals surface area contributed by atoms with Crippen molar-refractivity contribution in [3.63, 3.8) is 0 Å². The molecule has 1 aliphatic rings. The van der Waals surface area contributed by atoms with Crippen LogP contribution in [0.3, 0.4) is 0 Å². The third kappa shape index (κ3) is 2.66. The Morgan fingerprint density at radius 2 is 2.05 bits per heavy atom. The Labute approximate surface area is 129 Å². The second-order valence-electron chi connectivity index (χ2n) is 5.52. The summed E-state index contributed by atoms with van der Waals surface area (Å²) in [4.78, 5) is 24.5. The highest BCUT2D eigenvalue weighted by molar-refractivity contribution is 6.08. The van der Waals surface area contributed by atoms with E-state index >= 15 is 0 Å². The first-order valence-electron chi connectivity index (χ1n) is 7.67. The molecule has 1 N–H and O–H groups in total. The SMILES string of the molecule is CCC(=O)c1ccccc1NC(=O)c1ccnn1C1CCC1. The molecule has 0 unspecified atom stereocenters. The Morgan fingerprint density at radius 3 is 2.73 bits per heavy atom. The van der Waals surface area contributed by atoms with Crippen LogP contribution >= 0.6 is 0 Å². The fourth-order valence-corrected chi connectivity index (χ4v) is 2.63. The van der Waals surface area contributed by atoms with Crippen LogP contribution in [0, 0.1) is 0 Å². The van der Waals surface area contributed by atoms with Crippen molar-refractivity contribution in [3.8, 4) is 0 Å². The first-order valence-corrected chi connectivity index (χ1v) is 7.67. The van der Waals surface area contributed by atoms with E-state index in [4.69, 9.17) is 0 Å². The number of nitrogens with zero attached hydrogens (tertiary/aromatic N) is 2. The number of aromatic nitrogens is 2. The van der Waals surface area contributed by atoms with Crippen LogP contribution in [-0.4, -0.2) is 21.5 Å². The molecule has 1 saturated carbocycles. The average molecular weight is 297 g/mol. The number of Topliss-reactive ketones (excluding diaryl/α,β-unsaturated/α-hetero) is 1. The third-order valence-corrected chi connectivity index (χ3v) is 4.12. The molecule has 0 radical (unpaired) electrons. The maximum Gasteiger partial charge on any atom is 0.273 e. The maximum absolute atomic E-state index is 12.5. The molecular formula is C17H19N3O2. The van der Waals surface area contributed by atoms with E-state index in [9.17, 15) is 9.59 Å². The van der Waals surface area contributed by atoms with Gasteiger partial charge in [0, 0.05) is 18.2 Å². The summed E-state index contributed by atoms with van der Waals surface area (Å²) in [5, 5.41) is 7.11. The van der Waals surface area contributed by atoms with Gasteiger partial charge in [-0.15, -0.1) is 0 Å². The Hall–Kier alpha value is -2.43. The minimum absolute atomic E-state index is 0.0170. The monoisotopic (exact) mass is 297 g/mol. The molecule has 1 aromatic heterocycles. The molecule has 0 aliphatic heterocycles. The molecule has 5 heteroatoms. The van der Waals surface area contributed by atoms with Gasteiger partial charge in [0.05, 0.1) is 11.7 Å². The number of nitrogens with one attached hydrogen (secondary N) is 1. The molecule has 3 rings (SSSR count). The van der Waals surface area contributed by atoms with Crippen LogP contribution in [0.5, 0.6) is 0 Å². The van der Waals surface area contributed by atoms with E-state index in [0.717, 1.165) is 12.8 Å². The Morgan fingerprint density at radius 1 is 1.27 bits per heavy atom. The van der Waals surface area contributed by atoms with Gasteiger partial charge in [-0.2, -0.15) is 5.10 Å². The zero-order valence-electron chi connectivity index (χ0n) is 12.6. The van der Waals surface area contributed by atoms with E-state index < -0.39 is 0 Å². The molecule has 5 nitrogen and oxygen atoms in total. The summed E-state index contributed by atoms with van der Waals surface area (Å²) < 4.78 is 1.79. The minimum Gasteiger partial charge on any atom is -0.320 e. The van der Waals surface area contributed by atoms with Gasteiger partial charge in [0.25, 0.3) is 5.91 Å². The van der Waals surface area contributed by atoms with Crippen LogP contribution in [-0.2, 0) is 0 Å². The topological polar surface area (TPSA) is 64.0 Å². The quantitative estimate of drug-likeness (QED) is 0.860. The fourth-order valence-electron chi connectivity index (χ4n) is 2.63. The lowest BCUT2D eigenvalue weighted by molar-refractivity contribution is 0.0989. The highest BCUT2D eigenvalue weighted by atomic mass is 16.2. The smallest absolute Gasteiger partial charge is 0.273 e. The Kier molecular flexibility index (Phi) is 4.04. The molecule has 22 heavy (non-hydrogen) atoms.